The molecule has 3 rings (SSSR count). The normalized spacial score (nSPS) is 18.1. The number of carbonyl (C=O) groups excluding carboxylic acids is 3. The van der Waals surface area contributed by atoms with Gasteiger partial charge in [-0.05, 0) is 61.6 Å². The molecule has 1 aliphatic heterocycles. The number of esters is 1. The smallest absolute Gasteiger partial charge is 0.332 e. The van der Waals surface area contributed by atoms with Crippen LogP contribution in [0.25, 0.3) is 11.1 Å². The van der Waals surface area contributed by atoms with Crippen molar-refractivity contribution in [2.45, 2.75) is 84.6 Å². The van der Waals surface area contributed by atoms with E-state index in [-0.39, 0.29) is 5.97 Å². The molecule has 0 aliphatic carbocycles. The van der Waals surface area contributed by atoms with Crippen LogP contribution < -0.4 is 0 Å². The highest BCUT2D eigenvalue weighted by molar-refractivity contribution is 6.38. The molecule has 1 heterocycles. The number of nitrogens with zero attached hydrogens (tertiary/aromatic N) is 1. The van der Waals surface area contributed by atoms with E-state index in [1.165, 1.54) is 16.7 Å². The SMILES string of the molecule is CCCCOC(=O)C1(CCCc2ccc(-c3ccccc3)cc2)CCCCN1C(=O)C(=O)C(C)(C)C. The molecule has 1 unspecified atom stereocenters. The fraction of sp³-hybridized carbons (Fsp3) is 0.516. The summed E-state index contributed by atoms with van der Waals surface area (Å²) in [7, 11) is 0. The van der Waals surface area contributed by atoms with Gasteiger partial charge in [0, 0.05) is 12.0 Å². The first kappa shape index (κ1) is 27.6. The molecule has 0 spiro atoms. The molecule has 2 aromatic carbocycles. The Kier molecular flexibility index (Phi) is 9.47. The molecule has 0 aromatic heterocycles. The molecule has 5 heteroatoms. The Hall–Kier alpha value is -2.95. The minimum absolute atomic E-state index is 0.341. The summed E-state index contributed by atoms with van der Waals surface area (Å²) in [5.41, 5.74) is 1.65. The van der Waals surface area contributed by atoms with Crippen molar-refractivity contribution in [3.8, 4) is 11.1 Å². The Morgan fingerprint density at radius 2 is 1.58 bits per heavy atom. The number of benzene rings is 2. The quantitative estimate of drug-likeness (QED) is 0.220. The number of Topliss-reactive ketones (excluding diaryl/α,β-unsaturated/α-hetero) is 1. The van der Waals surface area contributed by atoms with E-state index in [2.05, 4.69) is 36.4 Å². The number of ether oxygens (including phenoxy) is 1. The van der Waals surface area contributed by atoms with E-state index in [9.17, 15) is 14.4 Å². The Balaban J connectivity index is 1.77. The predicted molar refractivity (Wildman–Crippen MR) is 143 cm³/mol. The Labute approximate surface area is 216 Å². The van der Waals surface area contributed by atoms with Gasteiger partial charge in [0.15, 0.2) is 0 Å². The summed E-state index contributed by atoms with van der Waals surface area (Å²) >= 11 is 0. The van der Waals surface area contributed by atoms with Gasteiger partial charge in [0.1, 0.15) is 5.54 Å². The number of likely N-dealkylation sites (tertiary alicyclic amines) is 1. The zero-order valence-corrected chi connectivity index (χ0v) is 22.3. The van der Waals surface area contributed by atoms with E-state index in [0.29, 0.717) is 26.0 Å². The van der Waals surface area contributed by atoms with Crippen LogP contribution >= 0.6 is 0 Å². The number of ketones is 1. The topological polar surface area (TPSA) is 63.7 Å². The number of unbranched alkanes of at least 4 members (excludes halogenated alkanes) is 1. The van der Waals surface area contributed by atoms with Gasteiger partial charge >= 0.3 is 5.97 Å². The van der Waals surface area contributed by atoms with E-state index in [1.807, 2.05) is 25.1 Å². The Morgan fingerprint density at radius 3 is 2.22 bits per heavy atom. The molecule has 1 amide bonds. The summed E-state index contributed by atoms with van der Waals surface area (Å²) < 4.78 is 5.69. The zero-order valence-electron chi connectivity index (χ0n) is 22.3. The molecule has 1 atom stereocenters. The van der Waals surface area contributed by atoms with Gasteiger partial charge in [-0.25, -0.2) is 4.79 Å². The third kappa shape index (κ3) is 6.63. The van der Waals surface area contributed by atoms with Gasteiger partial charge in [-0.15, -0.1) is 0 Å². The molecule has 0 saturated carbocycles. The number of rotatable bonds is 10. The van der Waals surface area contributed by atoms with Crippen LogP contribution in [-0.2, 0) is 25.5 Å². The van der Waals surface area contributed by atoms with E-state index in [0.717, 1.165) is 38.5 Å². The minimum Gasteiger partial charge on any atom is -0.464 e. The number of aryl methyl sites for hydroxylation is 1. The summed E-state index contributed by atoms with van der Waals surface area (Å²) in [5, 5.41) is 0. The van der Waals surface area contributed by atoms with Crippen LogP contribution in [0.15, 0.2) is 54.6 Å². The minimum atomic E-state index is -1.08. The van der Waals surface area contributed by atoms with E-state index in [1.54, 1.807) is 25.7 Å². The number of carbonyl (C=O) groups is 3. The summed E-state index contributed by atoms with van der Waals surface area (Å²) in [6, 6.07) is 18.8. The fourth-order valence-electron chi connectivity index (χ4n) is 4.87. The van der Waals surface area contributed by atoms with Gasteiger partial charge in [-0.2, -0.15) is 0 Å². The highest BCUT2D eigenvalue weighted by Gasteiger charge is 2.50. The molecule has 5 nitrogen and oxygen atoms in total. The van der Waals surface area contributed by atoms with E-state index in [4.69, 9.17) is 4.74 Å². The molecule has 1 saturated heterocycles. The Morgan fingerprint density at radius 1 is 0.917 bits per heavy atom. The molecule has 0 radical (unpaired) electrons. The lowest BCUT2D eigenvalue weighted by molar-refractivity contribution is -0.171. The van der Waals surface area contributed by atoms with Crippen LogP contribution in [-0.4, -0.2) is 41.3 Å². The molecular formula is C31H41NO4. The molecule has 36 heavy (non-hydrogen) atoms. The summed E-state index contributed by atoms with van der Waals surface area (Å²) in [4.78, 5) is 41.4. The van der Waals surface area contributed by atoms with Crippen LogP contribution in [0.3, 0.4) is 0 Å². The molecule has 194 valence electrons. The van der Waals surface area contributed by atoms with E-state index < -0.39 is 22.6 Å². The molecule has 0 bridgehead atoms. The van der Waals surface area contributed by atoms with E-state index >= 15 is 0 Å². The predicted octanol–water partition coefficient (Wildman–Crippen LogP) is 6.39. The standard InChI is InChI=1S/C31H41NO4/c1-5-6-23-36-29(35)31(20-10-11-22-32(31)28(34)27(33)30(2,3)4)21-12-13-24-16-18-26(19-17-24)25-14-8-7-9-15-25/h7-9,14-19H,5-6,10-13,20-23H2,1-4H3. The van der Waals surface area contributed by atoms with Gasteiger partial charge in [-0.3, -0.25) is 9.59 Å². The van der Waals surface area contributed by atoms with Crippen molar-refractivity contribution in [3.63, 3.8) is 0 Å². The van der Waals surface area contributed by atoms with Crippen molar-refractivity contribution in [2.24, 2.45) is 5.41 Å². The molecular weight excluding hydrogens is 450 g/mol. The van der Waals surface area contributed by atoms with Crippen molar-refractivity contribution in [1.82, 2.24) is 4.90 Å². The zero-order chi connectivity index (χ0) is 26.2. The monoisotopic (exact) mass is 491 g/mol. The summed E-state index contributed by atoms with van der Waals surface area (Å²) in [6.45, 7) is 8.04. The van der Waals surface area contributed by atoms with Crippen LogP contribution in [0.1, 0.15) is 78.2 Å². The van der Waals surface area contributed by atoms with Crippen molar-refractivity contribution < 1.29 is 19.1 Å². The lowest BCUT2D eigenvalue weighted by Crippen LogP contribution is -2.62. The number of hydrogen-bond donors (Lipinski definition) is 0. The maximum atomic E-state index is 13.5. The summed E-state index contributed by atoms with van der Waals surface area (Å²) in [6.07, 6.45) is 5.86. The fourth-order valence-corrected chi connectivity index (χ4v) is 4.87. The van der Waals surface area contributed by atoms with Gasteiger partial charge in [0.25, 0.3) is 5.91 Å². The first-order chi connectivity index (χ1) is 17.2. The van der Waals surface area contributed by atoms with Crippen molar-refractivity contribution in [3.05, 3.63) is 60.2 Å². The van der Waals surface area contributed by atoms with Crippen LogP contribution in [0.5, 0.6) is 0 Å². The maximum Gasteiger partial charge on any atom is 0.332 e. The second-order valence-electron chi connectivity index (χ2n) is 10.9. The first-order valence-electron chi connectivity index (χ1n) is 13.4. The highest BCUT2D eigenvalue weighted by Crippen LogP contribution is 2.36. The molecule has 2 aromatic rings. The number of amides is 1. The largest absolute Gasteiger partial charge is 0.464 e. The van der Waals surface area contributed by atoms with Crippen LogP contribution in [0.4, 0.5) is 0 Å². The lowest BCUT2D eigenvalue weighted by atomic mass is 9.80. The van der Waals surface area contributed by atoms with Crippen molar-refractivity contribution in [2.75, 3.05) is 13.2 Å². The average molecular weight is 492 g/mol. The Bertz CT molecular complexity index is 1020. The van der Waals surface area contributed by atoms with Crippen molar-refractivity contribution >= 4 is 17.7 Å². The lowest BCUT2D eigenvalue weighted by Gasteiger charge is -2.45. The summed E-state index contributed by atoms with van der Waals surface area (Å²) in [5.74, 6) is -1.36. The van der Waals surface area contributed by atoms with Gasteiger partial charge < -0.3 is 9.64 Å². The second-order valence-corrected chi connectivity index (χ2v) is 10.9. The van der Waals surface area contributed by atoms with Gasteiger partial charge in [0.05, 0.1) is 6.61 Å². The number of hydrogen-bond acceptors (Lipinski definition) is 4. The average Bonchev–Trinajstić information content (AvgIpc) is 2.88. The van der Waals surface area contributed by atoms with Crippen LogP contribution in [0, 0.1) is 5.41 Å². The third-order valence-corrected chi connectivity index (χ3v) is 7.09. The van der Waals surface area contributed by atoms with Gasteiger partial charge in [-0.1, -0.05) is 88.7 Å². The van der Waals surface area contributed by atoms with Crippen molar-refractivity contribution in [1.29, 1.82) is 0 Å². The van der Waals surface area contributed by atoms with Crippen LogP contribution in [0.2, 0.25) is 0 Å². The molecule has 1 fully saturated rings. The molecule has 1 aliphatic rings. The van der Waals surface area contributed by atoms with Gasteiger partial charge in [0.2, 0.25) is 5.78 Å². The maximum absolute atomic E-state index is 13.5. The molecule has 0 N–H and O–H groups in total. The highest BCUT2D eigenvalue weighted by atomic mass is 16.5. The number of piperidine rings is 1. The second kappa shape index (κ2) is 12.3. The first-order valence-corrected chi connectivity index (χ1v) is 13.4. The third-order valence-electron chi connectivity index (χ3n) is 7.09.